The van der Waals surface area contributed by atoms with E-state index in [1.54, 1.807) is 0 Å². The first-order valence-corrected chi connectivity index (χ1v) is 4.90. The topological polar surface area (TPSA) is 92.6 Å². The van der Waals surface area contributed by atoms with Crippen molar-refractivity contribution >= 4 is 5.91 Å². The molecular weight excluding hydrogens is 182 g/mol. The van der Waals surface area contributed by atoms with Crippen LogP contribution < -0.4 is 11.5 Å². The number of amides is 1. The van der Waals surface area contributed by atoms with Gasteiger partial charge in [-0.15, -0.1) is 0 Å². The molecule has 1 aliphatic rings. The molecule has 1 amide bonds. The minimum atomic E-state index is -0.599. The Hall–Kier alpha value is -0.650. The minimum absolute atomic E-state index is 0.470. The van der Waals surface area contributed by atoms with Gasteiger partial charge in [-0.25, -0.2) is 0 Å². The van der Waals surface area contributed by atoms with Crippen molar-refractivity contribution in [2.45, 2.75) is 31.4 Å². The van der Waals surface area contributed by atoms with Gasteiger partial charge in [0, 0.05) is 19.6 Å². The molecule has 1 rings (SSSR count). The highest BCUT2D eigenvalue weighted by Gasteiger charge is 2.28. The van der Waals surface area contributed by atoms with Crippen molar-refractivity contribution in [2.24, 2.45) is 11.5 Å². The molecule has 82 valence electrons. The number of nitrogens with two attached hydrogens (primary N) is 2. The van der Waals surface area contributed by atoms with Crippen molar-refractivity contribution < 1.29 is 9.90 Å². The maximum absolute atomic E-state index is 10.7. The average Bonchev–Trinajstić information content (AvgIpc) is 2.08. The minimum Gasteiger partial charge on any atom is -0.390 e. The fourth-order valence-corrected chi connectivity index (χ4v) is 1.59. The predicted octanol–water partition coefficient (Wildman–Crippen LogP) is -1.35. The molecule has 0 aromatic carbocycles. The maximum atomic E-state index is 10.7. The summed E-state index contributed by atoms with van der Waals surface area (Å²) in [5.74, 6) is -0.470. The number of carbonyl (C=O) groups excluding carboxylic acids is 1. The Bertz CT molecular complexity index is 208. The SMILES string of the molecule is CC1(O)CCN(CC(N)C(N)=O)CC1. The van der Waals surface area contributed by atoms with E-state index in [-0.39, 0.29) is 0 Å². The van der Waals surface area contributed by atoms with Crippen LogP contribution >= 0.6 is 0 Å². The van der Waals surface area contributed by atoms with Gasteiger partial charge in [-0.2, -0.15) is 0 Å². The van der Waals surface area contributed by atoms with Gasteiger partial charge in [-0.3, -0.25) is 4.79 Å². The highest BCUT2D eigenvalue weighted by molar-refractivity contribution is 5.79. The van der Waals surface area contributed by atoms with Gasteiger partial charge < -0.3 is 21.5 Å². The lowest BCUT2D eigenvalue weighted by Gasteiger charge is -2.36. The van der Waals surface area contributed by atoms with Crippen molar-refractivity contribution in [2.75, 3.05) is 19.6 Å². The van der Waals surface area contributed by atoms with E-state index in [4.69, 9.17) is 11.5 Å². The Balaban J connectivity index is 2.32. The van der Waals surface area contributed by atoms with Crippen molar-refractivity contribution in [3.63, 3.8) is 0 Å². The smallest absolute Gasteiger partial charge is 0.235 e. The summed E-state index contributed by atoms with van der Waals surface area (Å²) >= 11 is 0. The van der Waals surface area contributed by atoms with E-state index in [1.807, 2.05) is 6.92 Å². The molecule has 5 heteroatoms. The molecule has 0 aromatic rings. The molecule has 1 saturated heterocycles. The molecule has 0 aromatic heterocycles. The van der Waals surface area contributed by atoms with Crippen molar-refractivity contribution in [3.8, 4) is 0 Å². The molecule has 1 unspecified atom stereocenters. The Labute approximate surface area is 84.0 Å². The van der Waals surface area contributed by atoms with Crippen LogP contribution in [-0.4, -0.2) is 47.2 Å². The summed E-state index contributed by atoms with van der Waals surface area (Å²) in [7, 11) is 0. The Morgan fingerprint density at radius 3 is 2.50 bits per heavy atom. The standard InChI is InChI=1S/C9H19N3O2/c1-9(14)2-4-12(5-3-9)6-7(10)8(11)13/h7,14H,2-6,10H2,1H3,(H2,11,13). The molecule has 1 atom stereocenters. The number of rotatable bonds is 3. The van der Waals surface area contributed by atoms with Crippen LogP contribution in [0.15, 0.2) is 0 Å². The molecule has 1 fully saturated rings. The van der Waals surface area contributed by atoms with Gasteiger partial charge in [0.05, 0.1) is 11.6 Å². The molecular formula is C9H19N3O2. The Morgan fingerprint density at radius 2 is 2.07 bits per heavy atom. The van der Waals surface area contributed by atoms with Gasteiger partial charge in [-0.1, -0.05) is 0 Å². The lowest BCUT2D eigenvalue weighted by molar-refractivity contribution is -0.119. The molecule has 5 N–H and O–H groups in total. The fourth-order valence-electron chi connectivity index (χ4n) is 1.59. The van der Waals surface area contributed by atoms with E-state index in [1.165, 1.54) is 0 Å². The lowest BCUT2D eigenvalue weighted by atomic mass is 9.93. The normalized spacial score (nSPS) is 24.5. The average molecular weight is 201 g/mol. The lowest BCUT2D eigenvalue weighted by Crippen LogP contribution is -2.50. The van der Waals surface area contributed by atoms with Gasteiger partial charge in [0.2, 0.25) is 5.91 Å². The van der Waals surface area contributed by atoms with E-state index in [0.29, 0.717) is 6.54 Å². The van der Waals surface area contributed by atoms with E-state index >= 15 is 0 Å². The van der Waals surface area contributed by atoms with Crippen LogP contribution in [0.1, 0.15) is 19.8 Å². The van der Waals surface area contributed by atoms with Crippen LogP contribution in [0, 0.1) is 0 Å². The molecule has 1 heterocycles. The number of carbonyl (C=O) groups is 1. The van der Waals surface area contributed by atoms with E-state index < -0.39 is 17.6 Å². The third-order valence-corrected chi connectivity index (χ3v) is 2.75. The predicted molar refractivity (Wildman–Crippen MR) is 53.5 cm³/mol. The highest BCUT2D eigenvalue weighted by Crippen LogP contribution is 2.20. The first kappa shape index (κ1) is 11.4. The third-order valence-electron chi connectivity index (χ3n) is 2.75. The summed E-state index contributed by atoms with van der Waals surface area (Å²) < 4.78 is 0. The molecule has 0 saturated carbocycles. The van der Waals surface area contributed by atoms with Gasteiger partial charge in [0.15, 0.2) is 0 Å². The third kappa shape index (κ3) is 3.25. The molecule has 0 spiro atoms. The largest absolute Gasteiger partial charge is 0.390 e. The summed E-state index contributed by atoms with van der Waals surface area (Å²) in [4.78, 5) is 12.8. The first-order chi connectivity index (χ1) is 6.41. The van der Waals surface area contributed by atoms with Crippen LogP contribution in [0.4, 0.5) is 0 Å². The van der Waals surface area contributed by atoms with Crippen molar-refractivity contribution in [3.05, 3.63) is 0 Å². The van der Waals surface area contributed by atoms with Crippen LogP contribution in [0.3, 0.4) is 0 Å². The van der Waals surface area contributed by atoms with Gasteiger partial charge >= 0.3 is 0 Å². The molecule has 5 nitrogen and oxygen atoms in total. The van der Waals surface area contributed by atoms with Gasteiger partial charge in [0.1, 0.15) is 0 Å². The number of aliphatic hydroxyl groups is 1. The van der Waals surface area contributed by atoms with Crippen LogP contribution in [0.25, 0.3) is 0 Å². The second kappa shape index (κ2) is 4.25. The summed E-state index contributed by atoms with van der Waals surface area (Å²) in [6.07, 6.45) is 1.44. The molecule has 0 bridgehead atoms. The number of primary amides is 1. The quantitative estimate of drug-likeness (QED) is 0.526. The number of hydrogen-bond donors (Lipinski definition) is 3. The first-order valence-electron chi connectivity index (χ1n) is 4.90. The van der Waals surface area contributed by atoms with Crippen molar-refractivity contribution in [1.82, 2.24) is 4.90 Å². The van der Waals surface area contributed by atoms with Crippen molar-refractivity contribution in [1.29, 1.82) is 0 Å². The number of nitrogens with zero attached hydrogens (tertiary/aromatic N) is 1. The Kier molecular flexibility index (Phi) is 3.47. The van der Waals surface area contributed by atoms with Crippen LogP contribution in [0.5, 0.6) is 0 Å². The highest BCUT2D eigenvalue weighted by atomic mass is 16.3. The number of likely N-dealkylation sites (tertiary alicyclic amines) is 1. The zero-order valence-electron chi connectivity index (χ0n) is 8.57. The summed E-state index contributed by atoms with van der Waals surface area (Å²) in [6, 6.07) is -0.599. The summed E-state index contributed by atoms with van der Waals surface area (Å²) in [6.45, 7) is 3.87. The summed E-state index contributed by atoms with van der Waals surface area (Å²) in [5.41, 5.74) is 10.0. The summed E-state index contributed by atoms with van der Waals surface area (Å²) in [5, 5.41) is 9.69. The van der Waals surface area contributed by atoms with E-state index in [0.717, 1.165) is 25.9 Å². The van der Waals surface area contributed by atoms with Gasteiger partial charge in [-0.05, 0) is 19.8 Å². The number of hydrogen-bond acceptors (Lipinski definition) is 4. The molecule has 14 heavy (non-hydrogen) atoms. The van der Waals surface area contributed by atoms with Gasteiger partial charge in [0.25, 0.3) is 0 Å². The second-order valence-electron chi connectivity index (χ2n) is 4.31. The molecule has 0 aliphatic carbocycles. The zero-order valence-corrected chi connectivity index (χ0v) is 8.57. The monoisotopic (exact) mass is 201 g/mol. The van der Waals surface area contributed by atoms with E-state index in [9.17, 15) is 9.90 Å². The maximum Gasteiger partial charge on any atom is 0.235 e. The number of piperidine rings is 1. The fraction of sp³-hybridized carbons (Fsp3) is 0.889. The van der Waals surface area contributed by atoms with Crippen LogP contribution in [-0.2, 0) is 4.79 Å². The zero-order chi connectivity index (χ0) is 10.8. The van der Waals surface area contributed by atoms with E-state index in [2.05, 4.69) is 4.90 Å². The second-order valence-corrected chi connectivity index (χ2v) is 4.31. The molecule has 0 radical (unpaired) electrons. The molecule has 1 aliphatic heterocycles. The van der Waals surface area contributed by atoms with Crippen LogP contribution in [0.2, 0.25) is 0 Å². The Morgan fingerprint density at radius 1 is 1.57 bits per heavy atom.